The van der Waals surface area contributed by atoms with E-state index in [1.807, 2.05) is 126 Å². The maximum Gasteiger partial charge on any atom is 0.247 e. The summed E-state index contributed by atoms with van der Waals surface area (Å²) in [6.45, 7) is 21.6. The molecule has 19 aromatic rings. The topological polar surface area (TPSA) is 499 Å². The number of hydrogen-bond acceptors (Lipinski definition) is 30. The van der Waals surface area contributed by atoms with Crippen LogP contribution in [0, 0.1) is 61.3 Å². The Bertz CT molecular complexity index is 7870. The van der Waals surface area contributed by atoms with E-state index < -0.39 is 5.95 Å². The molecular weight excluding hydrogens is 1900 g/mol. The number of pyridine rings is 7. The summed E-state index contributed by atoms with van der Waals surface area (Å²) in [5.41, 5.74) is 23.5. The molecule has 21 rings (SSSR count). The number of hydrogen-bond donors (Lipinski definition) is 5. The first-order valence-corrected chi connectivity index (χ1v) is 48.1. The molecule has 0 radical (unpaired) electrons. The average molecular weight is 2010 g/mol. The minimum absolute atomic E-state index is 0.0555. The monoisotopic (exact) mass is 2010 g/mol. The van der Waals surface area contributed by atoms with Crippen molar-refractivity contribution in [2.75, 3.05) is 39.8 Å². The number of halogens is 1. The summed E-state index contributed by atoms with van der Waals surface area (Å²) < 4.78 is 31.4. The number of nitrogens with zero attached hydrogens (tertiary/aromatic N) is 31. The molecule has 1 fully saturated rings. The molecule has 0 saturated heterocycles. The zero-order valence-electron chi connectivity index (χ0n) is 83.7. The second-order valence-corrected chi connectivity index (χ2v) is 35.2. The van der Waals surface area contributed by atoms with Crippen LogP contribution < -0.4 is 26.6 Å². The van der Waals surface area contributed by atoms with Gasteiger partial charge in [-0.2, -0.15) is 29.9 Å². The number of aromatic nitrogens is 31. The van der Waals surface area contributed by atoms with E-state index in [0.717, 1.165) is 142 Å². The lowest BCUT2D eigenvalue weighted by molar-refractivity contribution is -0.117. The Kier molecular flexibility index (Phi) is 33.1. The van der Waals surface area contributed by atoms with Gasteiger partial charge in [-0.1, -0.05) is 18.9 Å². The van der Waals surface area contributed by atoms with Crippen LogP contribution in [0.4, 0.5) is 33.5 Å². The van der Waals surface area contributed by atoms with E-state index >= 15 is 0 Å². The summed E-state index contributed by atoms with van der Waals surface area (Å²) in [7, 11) is 0. The molecule has 1 aliphatic carbocycles. The molecule has 0 atom stereocenters. The van der Waals surface area contributed by atoms with Crippen molar-refractivity contribution in [1.29, 1.82) is 0 Å². The van der Waals surface area contributed by atoms with Gasteiger partial charge < -0.3 is 40.5 Å². The van der Waals surface area contributed by atoms with Gasteiger partial charge in [0.05, 0.1) is 126 Å². The molecule has 0 bridgehead atoms. The molecule has 1 saturated carbocycles. The Balaban J connectivity index is 0.000000128. The highest BCUT2D eigenvalue weighted by Gasteiger charge is 2.26. The minimum atomic E-state index is -0.579. The van der Waals surface area contributed by atoms with Crippen LogP contribution in [0.5, 0.6) is 0 Å². The molecule has 19 aromatic heterocycles. The lowest BCUT2D eigenvalue weighted by atomic mass is 10.00. The molecule has 1 aliphatic heterocycles. The Hall–Kier alpha value is -19.1. The summed E-state index contributed by atoms with van der Waals surface area (Å²) in [5, 5.41) is 36.4. The van der Waals surface area contributed by atoms with Gasteiger partial charge in [0, 0.05) is 231 Å². The van der Waals surface area contributed by atoms with Crippen molar-refractivity contribution in [2.24, 2.45) is 0 Å². The SMILES string of the molecule is CC(C)n1cc(-c2cnn(CC(=O)Nc3ccc(-c4cnccn4)cn3)c2)cn1.Cc1c(-c2ccnc(F)c2)ncn1CC(=O)Nc1ccc(-c2cnccn2)cn1.Cc1cc(-c2nc(C)n(CC(=O)Nc3ccc(-c4cnccn4)cn3)c2C)ccn1.Cc1nn(CC(=O)Nc2ccc(-c3cnccn3)cn2)c(C)c1-c1cnn(C2CCCC2)c1.Cc1nn(CC(=O)Nc2ccc(-c3cnccn3)cn2)c(C)c1C1=CCOCC1. The summed E-state index contributed by atoms with van der Waals surface area (Å²) >= 11 is 0. The van der Waals surface area contributed by atoms with E-state index in [9.17, 15) is 28.4 Å². The number of rotatable bonds is 27. The Labute approximate surface area is 860 Å². The van der Waals surface area contributed by atoms with Crippen LogP contribution in [0.1, 0.15) is 109 Å². The zero-order valence-corrected chi connectivity index (χ0v) is 83.7. The number of ether oxygens (including phenoxy) is 1. The maximum atomic E-state index is 13.4. The third-order valence-corrected chi connectivity index (χ3v) is 24.4. The normalized spacial score (nSPS) is 12.1. The number of nitrogens with one attached hydrogen (secondary N) is 5. The van der Waals surface area contributed by atoms with Gasteiger partial charge in [0.25, 0.3) is 0 Å². The number of anilines is 5. The first kappa shape index (κ1) is 102. The fourth-order valence-corrected chi connectivity index (χ4v) is 16.8. The minimum Gasteiger partial charge on any atom is -0.377 e. The van der Waals surface area contributed by atoms with Crippen molar-refractivity contribution in [2.45, 2.75) is 146 Å². The third-order valence-electron chi connectivity index (χ3n) is 24.4. The highest BCUT2D eigenvalue weighted by molar-refractivity contribution is 5.93. The summed E-state index contributed by atoms with van der Waals surface area (Å²) in [6, 6.07) is 25.6. The van der Waals surface area contributed by atoms with Gasteiger partial charge in [-0.15, -0.1) is 0 Å². The average Bonchev–Trinajstić information content (AvgIpc) is 1.61. The van der Waals surface area contributed by atoms with E-state index in [0.29, 0.717) is 65.3 Å². The lowest BCUT2D eigenvalue weighted by Crippen LogP contribution is -2.21. The summed E-state index contributed by atoms with van der Waals surface area (Å²) in [4.78, 5) is 142. The van der Waals surface area contributed by atoms with Crippen molar-refractivity contribution in [1.82, 2.24) is 153 Å². The largest absolute Gasteiger partial charge is 0.377 e. The van der Waals surface area contributed by atoms with E-state index in [2.05, 4.69) is 178 Å². The van der Waals surface area contributed by atoms with Gasteiger partial charge in [0.2, 0.25) is 35.5 Å². The van der Waals surface area contributed by atoms with Crippen LogP contribution >= 0.6 is 0 Å². The van der Waals surface area contributed by atoms with Gasteiger partial charge in [0.1, 0.15) is 67.6 Å². The van der Waals surface area contributed by atoms with Gasteiger partial charge in [-0.3, -0.25) is 102 Å². The second-order valence-electron chi connectivity index (χ2n) is 35.2. The molecule has 5 amide bonds. The van der Waals surface area contributed by atoms with Gasteiger partial charge in [0.15, 0.2) is 0 Å². The van der Waals surface area contributed by atoms with E-state index in [1.165, 1.54) is 43.5 Å². The van der Waals surface area contributed by atoms with E-state index in [1.54, 1.807) is 204 Å². The fraction of sp³-hybridized carbons (Fsp3) is 0.224. The highest BCUT2D eigenvalue weighted by atomic mass is 19.1. The first-order chi connectivity index (χ1) is 72.9. The molecule has 42 nitrogen and oxygen atoms in total. The first-order valence-electron chi connectivity index (χ1n) is 48.1. The van der Waals surface area contributed by atoms with Gasteiger partial charge in [-0.05, 0) is 173 Å². The molecule has 20 heterocycles. The van der Waals surface area contributed by atoms with E-state index in [4.69, 9.17) is 4.74 Å². The number of amides is 5. The predicted molar refractivity (Wildman–Crippen MR) is 559 cm³/mol. The Morgan fingerprint density at radius 2 is 0.820 bits per heavy atom. The smallest absolute Gasteiger partial charge is 0.247 e. The highest BCUT2D eigenvalue weighted by Crippen LogP contribution is 2.35. The van der Waals surface area contributed by atoms with Crippen LogP contribution in [0.2, 0.25) is 0 Å². The van der Waals surface area contributed by atoms with Crippen LogP contribution in [0.25, 0.3) is 107 Å². The van der Waals surface area contributed by atoms with Crippen molar-refractivity contribution in [3.05, 3.63) is 328 Å². The summed E-state index contributed by atoms with van der Waals surface area (Å²) in [5.74, 6) is 1.53. The number of imidazole rings is 2. The quantitative estimate of drug-likeness (QED) is 0.0298. The molecular formula is C107H105FN36O6. The molecule has 150 heavy (non-hydrogen) atoms. The Morgan fingerprint density at radius 3 is 1.25 bits per heavy atom. The third kappa shape index (κ3) is 26.5. The van der Waals surface area contributed by atoms with Crippen LogP contribution in [-0.2, 0) is 61.4 Å². The lowest BCUT2D eigenvalue weighted by Gasteiger charge is -2.14. The molecule has 0 spiro atoms. The molecule has 2 aliphatic rings. The predicted octanol–water partition coefficient (Wildman–Crippen LogP) is 15.8. The maximum absolute atomic E-state index is 13.4. The molecule has 756 valence electrons. The number of carbonyl (C=O) groups is 5. The van der Waals surface area contributed by atoms with Gasteiger partial charge in [-0.25, -0.2) is 39.9 Å². The molecule has 0 aromatic carbocycles. The molecule has 5 N–H and O–H groups in total. The van der Waals surface area contributed by atoms with Crippen molar-refractivity contribution >= 4 is 64.2 Å². The fourth-order valence-electron chi connectivity index (χ4n) is 16.8. The van der Waals surface area contributed by atoms with Crippen LogP contribution in [-0.4, -0.2) is 195 Å². The van der Waals surface area contributed by atoms with Crippen molar-refractivity contribution in [3.63, 3.8) is 0 Å². The van der Waals surface area contributed by atoms with Crippen LogP contribution in [0.15, 0.2) is 271 Å². The standard InChI is InChI=1S/C24H26N8O.C22H21N7O.C21H22N6O2.C20H16FN7O.C20H20N8O/c1-16-24(19-12-28-32(14-19)20-5-3-4-6-20)17(2)31(30-16)15-23(33)29-22-8-7-18(11-27-22)21-13-25-9-10-26-21;1-14-10-17(6-7-24-14)22-15(2)29(16(3)27-22)13-21(30)28-20-5-4-18(11-26-20)19-12-23-8-9-25-19;1-14-21(16-5-9-29-10-6-16)15(2)27(26-14)13-20(28)25-19-4-3-17(11-24-19)18-12-22-7-8-23-18;1-13-20(14-4-5-24-17(21)8-14)26-12-28(13)11-19(29)27-18-3-2-15(9-25-18)16-10-22-6-7-23-16;1-14(2)28-12-17(9-25-28)16-8-24-27(11-16)13-20(29)26-19-4-3-15(7-23-19)18-10-21-5-6-22-18/h7-14,20H,3-6,15H2,1-2H3,(H,27,29,33);4-12H,13H2,1-3H3,(H,26,28,30);3-5,7-8,11-12H,6,9-10,13H2,1-2H3,(H,24,25,28);2-10,12H,11H2,1H3,(H,25,27,29);3-12,14H,13H2,1-2H3,(H,23,26,29). The van der Waals surface area contributed by atoms with E-state index in [-0.39, 0.29) is 68.3 Å². The molecule has 0 unspecified atom stereocenters. The number of aryl methyl sites for hydroxylation is 4. The van der Waals surface area contributed by atoms with Gasteiger partial charge >= 0.3 is 0 Å². The van der Waals surface area contributed by atoms with Crippen molar-refractivity contribution < 1.29 is 33.1 Å². The Morgan fingerprint density at radius 1 is 0.387 bits per heavy atom. The van der Waals surface area contributed by atoms with Crippen LogP contribution in [0.3, 0.4) is 0 Å². The zero-order chi connectivity index (χ0) is 105. The second kappa shape index (κ2) is 48.5. The summed E-state index contributed by atoms with van der Waals surface area (Å²) in [6.07, 6.45) is 56.7. The number of carbonyl (C=O) groups excluding carboxylic acids is 5. The molecule has 43 heteroatoms. The van der Waals surface area contributed by atoms with Crippen molar-refractivity contribution in [3.8, 4) is 101 Å².